The molecule has 1 aliphatic rings. The average molecular weight is 172 g/mol. The Balaban J connectivity index is 3.00. The molecule has 0 amide bonds. The molecule has 0 aliphatic heterocycles. The van der Waals surface area contributed by atoms with Gasteiger partial charge in [0.15, 0.2) is 0 Å². The molecule has 2 heteroatoms. The van der Waals surface area contributed by atoms with E-state index in [1.165, 1.54) is 6.08 Å². The Kier molecular flexibility index (Phi) is 2.26. The van der Waals surface area contributed by atoms with Gasteiger partial charge >= 0.3 is 5.97 Å². The molecule has 0 aromatic heterocycles. The summed E-state index contributed by atoms with van der Waals surface area (Å²) in [5.41, 5.74) is -0.535. The summed E-state index contributed by atoms with van der Waals surface area (Å²) in [6, 6.07) is 0. The molecule has 0 fully saturated rings. The van der Waals surface area contributed by atoms with Gasteiger partial charge in [-0.2, -0.15) is 0 Å². The quantitative estimate of drug-likeness (QED) is 0.603. The van der Waals surface area contributed by atoms with Crippen LogP contribution >= 0.6 is 0 Å². The van der Waals surface area contributed by atoms with E-state index in [-0.39, 0.29) is 6.42 Å². The van der Waals surface area contributed by atoms with Crippen LogP contribution in [0.1, 0.15) is 6.42 Å². The van der Waals surface area contributed by atoms with E-state index >= 15 is 0 Å². The van der Waals surface area contributed by atoms with Gasteiger partial charge in [-0.3, -0.25) is 4.79 Å². The highest BCUT2D eigenvalue weighted by Crippen LogP contribution is 2.29. The lowest BCUT2D eigenvalue weighted by atomic mass is 9.81. The Morgan fingerprint density at radius 2 is 2.31 bits per heavy atom. The maximum absolute atomic E-state index is 10.8. The lowest BCUT2D eigenvalue weighted by molar-refractivity contribution is -0.143. The predicted octanol–water partition coefficient (Wildman–Crippen LogP) is 1.21. The number of rotatable bonds is 1. The summed E-state index contributed by atoms with van der Waals surface area (Å²) in [7, 11) is 0. The van der Waals surface area contributed by atoms with Crippen LogP contribution in [0.4, 0.5) is 0 Å². The Morgan fingerprint density at radius 1 is 1.62 bits per heavy atom. The highest BCUT2D eigenvalue weighted by Gasteiger charge is 2.34. The number of carboxylic acids is 1. The minimum atomic E-state index is -1.21. The first-order chi connectivity index (χ1) is 6.14. The van der Waals surface area contributed by atoms with E-state index in [9.17, 15) is 4.79 Å². The van der Waals surface area contributed by atoms with Crippen molar-refractivity contribution in [1.29, 1.82) is 0 Å². The number of hydrogen-bond donors (Lipinski definition) is 1. The molecule has 1 N–H and O–H groups in total. The summed E-state index contributed by atoms with van der Waals surface area (Å²) >= 11 is 0. The van der Waals surface area contributed by atoms with E-state index in [1.54, 1.807) is 12.2 Å². The smallest absolute Gasteiger partial charge is 0.326 e. The third kappa shape index (κ3) is 1.48. The molecule has 0 spiro atoms. The lowest BCUT2D eigenvalue weighted by Crippen LogP contribution is -2.27. The topological polar surface area (TPSA) is 37.3 Å². The molecule has 0 saturated carbocycles. The van der Waals surface area contributed by atoms with Crippen LogP contribution < -0.4 is 0 Å². The zero-order valence-corrected chi connectivity index (χ0v) is 6.95. The predicted molar refractivity (Wildman–Crippen MR) is 49.6 cm³/mol. The van der Waals surface area contributed by atoms with Gasteiger partial charge in [0.1, 0.15) is 5.41 Å². The maximum atomic E-state index is 10.8. The van der Waals surface area contributed by atoms with Crippen LogP contribution in [0.15, 0.2) is 23.8 Å². The van der Waals surface area contributed by atoms with Gasteiger partial charge in [-0.05, 0) is 12.5 Å². The second-order valence-electron chi connectivity index (χ2n) is 2.76. The van der Waals surface area contributed by atoms with Crippen molar-refractivity contribution in [3.63, 3.8) is 0 Å². The van der Waals surface area contributed by atoms with Crippen LogP contribution in [0.2, 0.25) is 0 Å². The first-order valence-electron chi connectivity index (χ1n) is 3.72. The molecule has 0 aromatic carbocycles. The molecule has 0 bridgehead atoms. The summed E-state index contributed by atoms with van der Waals surface area (Å²) in [6.07, 6.45) is 15.3. The van der Waals surface area contributed by atoms with Gasteiger partial charge in [0, 0.05) is 5.57 Å². The fourth-order valence-electron chi connectivity index (χ4n) is 1.07. The van der Waals surface area contributed by atoms with Crippen molar-refractivity contribution in [1.82, 2.24) is 0 Å². The number of aliphatic carboxylic acids is 1. The van der Waals surface area contributed by atoms with Crippen molar-refractivity contribution in [3.05, 3.63) is 23.8 Å². The van der Waals surface area contributed by atoms with Crippen molar-refractivity contribution >= 4 is 5.97 Å². The standard InChI is InChI=1S/C11H8O2/c1-3-9-5-7-11(4-2,8-6-9)10(12)13/h1-2,5-7H,8H2,(H,12,13). The first-order valence-corrected chi connectivity index (χ1v) is 3.72. The Labute approximate surface area is 77.0 Å². The van der Waals surface area contributed by atoms with Crippen molar-refractivity contribution in [2.24, 2.45) is 5.41 Å². The van der Waals surface area contributed by atoms with E-state index in [2.05, 4.69) is 11.8 Å². The molecule has 0 aromatic rings. The molecular weight excluding hydrogens is 164 g/mol. The van der Waals surface area contributed by atoms with E-state index in [0.717, 1.165) is 0 Å². The molecule has 2 nitrogen and oxygen atoms in total. The molecule has 64 valence electrons. The highest BCUT2D eigenvalue weighted by molar-refractivity contribution is 5.82. The second-order valence-corrected chi connectivity index (χ2v) is 2.76. The maximum Gasteiger partial charge on any atom is 0.326 e. The van der Waals surface area contributed by atoms with Crippen LogP contribution in [0.5, 0.6) is 0 Å². The van der Waals surface area contributed by atoms with Gasteiger partial charge < -0.3 is 5.11 Å². The lowest BCUT2D eigenvalue weighted by Gasteiger charge is -2.20. The number of allylic oxidation sites excluding steroid dienone is 3. The van der Waals surface area contributed by atoms with Gasteiger partial charge in [0.25, 0.3) is 0 Å². The van der Waals surface area contributed by atoms with Crippen LogP contribution in [0.25, 0.3) is 0 Å². The molecule has 13 heavy (non-hydrogen) atoms. The third-order valence-electron chi connectivity index (χ3n) is 2.00. The summed E-state index contributed by atoms with van der Waals surface area (Å²) in [6.45, 7) is 0. The summed E-state index contributed by atoms with van der Waals surface area (Å²) in [5, 5.41) is 8.87. The molecule has 1 rings (SSSR count). The van der Waals surface area contributed by atoms with Crippen molar-refractivity contribution in [2.75, 3.05) is 0 Å². The largest absolute Gasteiger partial charge is 0.480 e. The van der Waals surface area contributed by atoms with Crippen molar-refractivity contribution < 1.29 is 9.90 Å². The van der Waals surface area contributed by atoms with Gasteiger partial charge in [-0.1, -0.05) is 24.0 Å². The van der Waals surface area contributed by atoms with Gasteiger partial charge in [0.05, 0.1) is 0 Å². The number of carboxylic acid groups (broad SMARTS) is 1. The minimum Gasteiger partial charge on any atom is -0.480 e. The fraction of sp³-hybridized carbons (Fsp3) is 0.182. The zero-order chi connectivity index (χ0) is 9.90. The average Bonchev–Trinajstić information content (AvgIpc) is 2.17. The van der Waals surface area contributed by atoms with E-state index < -0.39 is 11.4 Å². The Morgan fingerprint density at radius 3 is 2.62 bits per heavy atom. The monoisotopic (exact) mass is 172 g/mol. The SMILES string of the molecule is C#CC1=CCC(C#C)(C(=O)O)C=C1. The van der Waals surface area contributed by atoms with Crippen molar-refractivity contribution in [2.45, 2.75) is 6.42 Å². The van der Waals surface area contributed by atoms with E-state index in [1.807, 2.05) is 0 Å². The normalized spacial score (nSPS) is 25.5. The van der Waals surface area contributed by atoms with Gasteiger partial charge in [0.2, 0.25) is 0 Å². The number of terminal acetylenes is 2. The van der Waals surface area contributed by atoms with Crippen LogP contribution in [0.3, 0.4) is 0 Å². The van der Waals surface area contributed by atoms with E-state index in [0.29, 0.717) is 5.57 Å². The van der Waals surface area contributed by atoms with E-state index in [4.69, 9.17) is 18.0 Å². The minimum absolute atomic E-state index is 0.259. The molecule has 1 unspecified atom stereocenters. The summed E-state index contributed by atoms with van der Waals surface area (Å²) < 4.78 is 0. The van der Waals surface area contributed by atoms with Gasteiger partial charge in [-0.25, -0.2) is 0 Å². The fourth-order valence-corrected chi connectivity index (χ4v) is 1.07. The zero-order valence-electron chi connectivity index (χ0n) is 6.95. The summed E-state index contributed by atoms with van der Waals surface area (Å²) in [5.74, 6) is 3.66. The molecule has 0 heterocycles. The Hall–Kier alpha value is -1.93. The number of hydrogen-bond acceptors (Lipinski definition) is 1. The Bertz CT molecular complexity index is 374. The first kappa shape index (κ1) is 9.16. The highest BCUT2D eigenvalue weighted by atomic mass is 16.4. The molecular formula is C11H8O2. The molecule has 0 radical (unpaired) electrons. The van der Waals surface area contributed by atoms with Crippen LogP contribution in [0, 0.1) is 30.1 Å². The summed E-state index contributed by atoms with van der Waals surface area (Å²) in [4.78, 5) is 10.8. The van der Waals surface area contributed by atoms with Crippen LogP contribution in [-0.2, 0) is 4.79 Å². The third-order valence-corrected chi connectivity index (χ3v) is 2.00. The molecule has 1 atom stereocenters. The van der Waals surface area contributed by atoms with Gasteiger partial charge in [-0.15, -0.1) is 12.8 Å². The molecule has 0 saturated heterocycles. The van der Waals surface area contributed by atoms with Crippen LogP contribution in [-0.4, -0.2) is 11.1 Å². The second kappa shape index (κ2) is 3.21. The molecule has 1 aliphatic carbocycles. The van der Waals surface area contributed by atoms with Crippen molar-refractivity contribution in [3.8, 4) is 24.7 Å². The number of carbonyl (C=O) groups is 1.